The number of para-hydroxylation sites is 1. The van der Waals surface area contributed by atoms with Crippen LogP contribution in [0, 0.1) is 6.92 Å². The average Bonchev–Trinajstić information content (AvgIpc) is 2.57. The molecule has 16 heavy (non-hydrogen) atoms. The van der Waals surface area contributed by atoms with Gasteiger partial charge in [0.15, 0.2) is 0 Å². The summed E-state index contributed by atoms with van der Waals surface area (Å²) in [7, 11) is 0. The number of hydrogen-bond acceptors (Lipinski definition) is 1. The van der Waals surface area contributed by atoms with Gasteiger partial charge in [0.1, 0.15) is 5.15 Å². The zero-order valence-corrected chi connectivity index (χ0v) is 11.5. The molecule has 84 valence electrons. The Balaban J connectivity index is 2.61. The molecule has 0 aliphatic heterocycles. The summed E-state index contributed by atoms with van der Waals surface area (Å²) in [5, 5.41) is 5.20. The summed E-state index contributed by atoms with van der Waals surface area (Å²) in [5.41, 5.74) is 3.07. The van der Waals surface area contributed by atoms with E-state index in [1.165, 1.54) is 0 Å². The highest BCUT2D eigenvalue weighted by atomic mass is 79.9. The van der Waals surface area contributed by atoms with Crippen LogP contribution in [-0.4, -0.2) is 9.78 Å². The molecule has 0 aliphatic carbocycles. The molecule has 0 atom stereocenters. The molecule has 0 radical (unpaired) electrons. The average molecular weight is 300 g/mol. The lowest BCUT2D eigenvalue weighted by molar-refractivity contribution is 0.838. The van der Waals surface area contributed by atoms with Crippen molar-refractivity contribution in [3.8, 4) is 5.69 Å². The van der Waals surface area contributed by atoms with Crippen LogP contribution in [0.1, 0.15) is 18.2 Å². The first-order chi connectivity index (χ1) is 7.65. The Morgan fingerprint density at radius 2 is 2.06 bits per heavy atom. The van der Waals surface area contributed by atoms with E-state index in [4.69, 9.17) is 11.6 Å². The van der Waals surface area contributed by atoms with Crippen LogP contribution in [0.15, 0.2) is 28.7 Å². The van der Waals surface area contributed by atoms with Crippen molar-refractivity contribution in [2.45, 2.75) is 20.3 Å². The van der Waals surface area contributed by atoms with Gasteiger partial charge in [-0.05, 0) is 41.4 Å². The van der Waals surface area contributed by atoms with Gasteiger partial charge in [0.05, 0.1) is 11.4 Å². The Morgan fingerprint density at radius 1 is 1.38 bits per heavy atom. The Labute approximate surface area is 108 Å². The third kappa shape index (κ3) is 1.89. The summed E-state index contributed by atoms with van der Waals surface area (Å²) in [6.07, 6.45) is 0.892. The van der Waals surface area contributed by atoms with E-state index in [0.29, 0.717) is 5.15 Å². The zero-order valence-electron chi connectivity index (χ0n) is 9.17. The van der Waals surface area contributed by atoms with E-state index in [0.717, 1.165) is 27.8 Å². The first kappa shape index (κ1) is 11.7. The third-order valence-corrected chi connectivity index (χ3v) is 3.68. The van der Waals surface area contributed by atoms with Gasteiger partial charge in [0.25, 0.3) is 0 Å². The molecular weight excluding hydrogens is 288 g/mol. The van der Waals surface area contributed by atoms with Crippen molar-refractivity contribution < 1.29 is 0 Å². The van der Waals surface area contributed by atoms with Gasteiger partial charge in [0, 0.05) is 10.0 Å². The van der Waals surface area contributed by atoms with Gasteiger partial charge >= 0.3 is 0 Å². The number of aromatic nitrogens is 2. The fourth-order valence-electron chi connectivity index (χ4n) is 1.64. The Morgan fingerprint density at radius 3 is 2.62 bits per heavy atom. The summed E-state index contributed by atoms with van der Waals surface area (Å²) in [6.45, 7) is 4.08. The van der Waals surface area contributed by atoms with Crippen LogP contribution in [0.5, 0.6) is 0 Å². The summed E-state index contributed by atoms with van der Waals surface area (Å²) >= 11 is 9.78. The first-order valence-electron chi connectivity index (χ1n) is 5.14. The highest BCUT2D eigenvalue weighted by Crippen LogP contribution is 2.27. The smallest absolute Gasteiger partial charge is 0.136 e. The van der Waals surface area contributed by atoms with Crippen LogP contribution >= 0.6 is 27.5 Å². The van der Waals surface area contributed by atoms with Gasteiger partial charge in [-0.15, -0.1) is 0 Å². The van der Waals surface area contributed by atoms with Crippen LogP contribution in [0.3, 0.4) is 0 Å². The maximum atomic E-state index is 6.28. The first-order valence-corrected chi connectivity index (χ1v) is 6.31. The molecule has 0 saturated heterocycles. The topological polar surface area (TPSA) is 17.8 Å². The molecule has 2 aromatic rings. The molecule has 0 bridgehead atoms. The van der Waals surface area contributed by atoms with Crippen molar-refractivity contribution in [2.24, 2.45) is 0 Å². The molecule has 0 fully saturated rings. The van der Waals surface area contributed by atoms with Gasteiger partial charge in [-0.1, -0.05) is 30.7 Å². The van der Waals surface area contributed by atoms with Crippen LogP contribution in [0.2, 0.25) is 5.15 Å². The normalized spacial score (nSPS) is 10.8. The van der Waals surface area contributed by atoms with Crippen molar-refractivity contribution in [3.05, 3.63) is 45.1 Å². The Bertz CT molecular complexity index is 520. The molecule has 0 aliphatic rings. The van der Waals surface area contributed by atoms with Gasteiger partial charge in [-0.25, -0.2) is 4.68 Å². The van der Waals surface area contributed by atoms with Crippen molar-refractivity contribution >= 4 is 27.5 Å². The maximum absolute atomic E-state index is 6.28. The van der Waals surface area contributed by atoms with Gasteiger partial charge in [-0.2, -0.15) is 5.10 Å². The minimum absolute atomic E-state index is 0.684. The fraction of sp³-hybridized carbons (Fsp3) is 0.250. The zero-order chi connectivity index (χ0) is 11.7. The summed E-state index contributed by atoms with van der Waals surface area (Å²) in [5.74, 6) is 0. The van der Waals surface area contributed by atoms with Gasteiger partial charge < -0.3 is 0 Å². The lowest BCUT2D eigenvalue weighted by Gasteiger charge is -2.05. The van der Waals surface area contributed by atoms with E-state index in [2.05, 4.69) is 28.0 Å². The van der Waals surface area contributed by atoms with Crippen molar-refractivity contribution in [1.82, 2.24) is 9.78 Å². The highest BCUT2D eigenvalue weighted by molar-refractivity contribution is 9.10. The minimum atomic E-state index is 0.684. The van der Waals surface area contributed by atoms with Crippen LogP contribution in [-0.2, 0) is 6.42 Å². The molecule has 4 heteroatoms. The van der Waals surface area contributed by atoms with Crippen LogP contribution in [0.25, 0.3) is 5.69 Å². The number of benzene rings is 1. The monoisotopic (exact) mass is 298 g/mol. The van der Waals surface area contributed by atoms with E-state index in [1.807, 2.05) is 31.2 Å². The Kier molecular flexibility index (Phi) is 3.36. The van der Waals surface area contributed by atoms with E-state index < -0.39 is 0 Å². The minimum Gasteiger partial charge on any atom is -0.221 e. The fourth-order valence-corrected chi connectivity index (χ4v) is 2.33. The third-order valence-electron chi connectivity index (χ3n) is 2.56. The molecule has 0 unspecified atom stereocenters. The predicted octanol–water partition coefficient (Wildman–Crippen LogP) is 4.16. The molecule has 1 aromatic heterocycles. The Hall–Kier alpha value is -0.800. The second-order valence-corrected chi connectivity index (χ2v) is 4.79. The SMILES string of the molecule is CCc1nn(-c2ccccc2Br)c(Cl)c1C. The molecule has 0 spiro atoms. The maximum Gasteiger partial charge on any atom is 0.136 e. The second kappa shape index (κ2) is 4.60. The van der Waals surface area contributed by atoms with Gasteiger partial charge in [-0.3, -0.25) is 0 Å². The second-order valence-electron chi connectivity index (χ2n) is 3.58. The van der Waals surface area contributed by atoms with E-state index in [1.54, 1.807) is 4.68 Å². The lowest BCUT2D eigenvalue weighted by atomic mass is 10.2. The van der Waals surface area contributed by atoms with E-state index in [9.17, 15) is 0 Å². The number of nitrogens with zero attached hydrogens (tertiary/aromatic N) is 2. The largest absolute Gasteiger partial charge is 0.221 e. The standard InChI is InChI=1S/C12H12BrClN2/c1-3-10-8(2)12(14)16(15-10)11-7-5-4-6-9(11)13/h4-7H,3H2,1-2H3. The summed E-state index contributed by atoms with van der Waals surface area (Å²) < 4.78 is 2.77. The molecule has 2 rings (SSSR count). The molecule has 0 saturated carbocycles. The quantitative estimate of drug-likeness (QED) is 0.814. The molecule has 1 heterocycles. The molecule has 0 N–H and O–H groups in total. The van der Waals surface area contributed by atoms with Crippen molar-refractivity contribution in [1.29, 1.82) is 0 Å². The molecule has 1 aromatic carbocycles. The number of rotatable bonds is 2. The highest BCUT2D eigenvalue weighted by Gasteiger charge is 2.13. The number of hydrogen-bond donors (Lipinski definition) is 0. The van der Waals surface area contributed by atoms with Crippen LogP contribution in [0.4, 0.5) is 0 Å². The predicted molar refractivity (Wildman–Crippen MR) is 70.4 cm³/mol. The van der Waals surface area contributed by atoms with E-state index in [-0.39, 0.29) is 0 Å². The van der Waals surface area contributed by atoms with Crippen LogP contribution < -0.4 is 0 Å². The molecule has 0 amide bonds. The van der Waals surface area contributed by atoms with Crippen molar-refractivity contribution in [2.75, 3.05) is 0 Å². The van der Waals surface area contributed by atoms with Crippen molar-refractivity contribution in [3.63, 3.8) is 0 Å². The van der Waals surface area contributed by atoms with Gasteiger partial charge in [0.2, 0.25) is 0 Å². The number of aryl methyl sites for hydroxylation is 1. The lowest BCUT2D eigenvalue weighted by Crippen LogP contribution is -1.98. The number of halogens is 2. The molecular formula is C12H12BrClN2. The van der Waals surface area contributed by atoms with E-state index >= 15 is 0 Å². The summed E-state index contributed by atoms with van der Waals surface area (Å²) in [4.78, 5) is 0. The molecule has 2 nitrogen and oxygen atoms in total. The summed E-state index contributed by atoms with van der Waals surface area (Å²) in [6, 6.07) is 7.91.